The lowest BCUT2D eigenvalue weighted by atomic mass is 9.63. The maximum atomic E-state index is 6.50. The lowest BCUT2D eigenvalue weighted by Crippen LogP contribution is -2.42. The van der Waals surface area contributed by atoms with Crippen LogP contribution in [0.2, 0.25) is 10.0 Å². The molecule has 4 heterocycles. The van der Waals surface area contributed by atoms with Crippen LogP contribution >= 0.6 is 23.2 Å². The highest BCUT2D eigenvalue weighted by atomic mass is 35.5. The number of benzene rings is 1. The summed E-state index contributed by atoms with van der Waals surface area (Å²) in [4.78, 5) is 11.3. The van der Waals surface area contributed by atoms with Crippen LogP contribution in [0.1, 0.15) is 61.6 Å². The number of rotatable bonds is 4. The molecule has 0 radical (unpaired) electrons. The number of anilines is 1. The summed E-state index contributed by atoms with van der Waals surface area (Å²) in [6.45, 7) is 10.5. The fraction of sp³-hybridized carbons (Fsp3) is 0.367. The number of pyridine rings is 2. The molecule has 37 heavy (non-hydrogen) atoms. The number of nitrogens with zero attached hydrogens (tertiary/aromatic N) is 4. The molecule has 1 fully saturated rings. The standard InChI is InChI=1S/C30H30Cl2N4O/c1-17(2)29-26(28(35-37-29)27-23(31)15-33-16-24(27)32)20-13-30(14-20)7-9-36(10-8-30)21-5-6-25-22(12-21)18(3)11-19(4)34-25/h5-6,11-13,15-17H,7-10,14H2,1-4H3. The van der Waals surface area contributed by atoms with E-state index in [4.69, 9.17) is 32.7 Å². The Labute approximate surface area is 227 Å². The minimum Gasteiger partial charge on any atom is -0.371 e. The first kappa shape index (κ1) is 24.4. The summed E-state index contributed by atoms with van der Waals surface area (Å²) in [6, 6.07) is 8.84. The number of hydrogen-bond acceptors (Lipinski definition) is 5. The lowest BCUT2D eigenvalue weighted by Gasteiger charge is -2.47. The lowest BCUT2D eigenvalue weighted by molar-refractivity contribution is 0.277. The van der Waals surface area contributed by atoms with Crippen molar-refractivity contribution in [2.24, 2.45) is 5.41 Å². The van der Waals surface area contributed by atoms with Crippen LogP contribution in [0.4, 0.5) is 5.69 Å². The highest BCUT2D eigenvalue weighted by molar-refractivity contribution is 6.39. The van der Waals surface area contributed by atoms with Crippen LogP contribution in [-0.4, -0.2) is 28.2 Å². The Hall–Kier alpha value is -2.89. The largest absolute Gasteiger partial charge is 0.371 e. The molecule has 1 aromatic carbocycles. The first-order valence-corrected chi connectivity index (χ1v) is 13.6. The maximum absolute atomic E-state index is 6.50. The van der Waals surface area contributed by atoms with Crippen LogP contribution < -0.4 is 4.90 Å². The smallest absolute Gasteiger partial charge is 0.147 e. The first-order valence-electron chi connectivity index (χ1n) is 12.9. The average molecular weight is 534 g/mol. The molecule has 0 amide bonds. The third-order valence-corrected chi connectivity index (χ3v) is 8.50. The van der Waals surface area contributed by atoms with Crippen LogP contribution in [0.3, 0.4) is 0 Å². The fourth-order valence-electron chi connectivity index (χ4n) is 5.97. The van der Waals surface area contributed by atoms with Crippen molar-refractivity contribution in [2.45, 2.75) is 52.9 Å². The molecular weight excluding hydrogens is 503 g/mol. The first-order chi connectivity index (χ1) is 17.7. The van der Waals surface area contributed by atoms with Crippen molar-refractivity contribution in [3.05, 3.63) is 75.4 Å². The molecule has 1 saturated heterocycles. The van der Waals surface area contributed by atoms with Gasteiger partial charge in [0.05, 0.1) is 15.6 Å². The van der Waals surface area contributed by atoms with E-state index in [0.29, 0.717) is 15.6 Å². The van der Waals surface area contributed by atoms with E-state index in [0.717, 1.165) is 60.6 Å². The molecule has 6 rings (SSSR count). The van der Waals surface area contributed by atoms with E-state index < -0.39 is 0 Å². The van der Waals surface area contributed by atoms with E-state index in [1.54, 1.807) is 12.4 Å². The van der Waals surface area contributed by atoms with Crippen molar-refractivity contribution in [3.63, 3.8) is 0 Å². The van der Waals surface area contributed by atoms with Gasteiger partial charge in [-0.1, -0.05) is 48.3 Å². The number of aryl methyl sites for hydroxylation is 2. The van der Waals surface area contributed by atoms with Gasteiger partial charge in [0.25, 0.3) is 0 Å². The summed E-state index contributed by atoms with van der Waals surface area (Å²) in [5.74, 6) is 1.08. The second-order valence-electron chi connectivity index (χ2n) is 10.9. The summed E-state index contributed by atoms with van der Waals surface area (Å²) >= 11 is 13.0. The van der Waals surface area contributed by atoms with Crippen LogP contribution in [0, 0.1) is 19.3 Å². The third-order valence-electron chi connectivity index (χ3n) is 7.93. The van der Waals surface area contributed by atoms with Gasteiger partial charge in [-0.3, -0.25) is 9.97 Å². The van der Waals surface area contributed by atoms with Crippen molar-refractivity contribution in [1.29, 1.82) is 0 Å². The number of halogens is 2. The third kappa shape index (κ3) is 4.22. The molecule has 190 valence electrons. The van der Waals surface area contributed by atoms with Gasteiger partial charge in [0.2, 0.25) is 0 Å². The monoisotopic (exact) mass is 532 g/mol. The zero-order chi connectivity index (χ0) is 25.9. The minimum atomic E-state index is 0.199. The number of aromatic nitrogens is 3. The normalized spacial score (nSPS) is 16.9. The van der Waals surface area contributed by atoms with E-state index >= 15 is 0 Å². The Balaban J connectivity index is 1.26. The van der Waals surface area contributed by atoms with Gasteiger partial charge in [-0.05, 0) is 73.9 Å². The van der Waals surface area contributed by atoms with Crippen molar-refractivity contribution >= 4 is 45.4 Å². The Morgan fingerprint density at radius 3 is 2.38 bits per heavy atom. The van der Waals surface area contributed by atoms with Crippen molar-refractivity contribution in [3.8, 4) is 11.3 Å². The molecule has 1 spiro atoms. The molecule has 0 unspecified atom stereocenters. The zero-order valence-corrected chi connectivity index (χ0v) is 23.1. The molecule has 5 nitrogen and oxygen atoms in total. The number of fused-ring (bicyclic) bond motifs is 1. The molecule has 3 aromatic heterocycles. The van der Waals surface area contributed by atoms with Gasteiger partial charge in [-0.25, -0.2) is 0 Å². The van der Waals surface area contributed by atoms with E-state index in [1.165, 1.54) is 22.2 Å². The van der Waals surface area contributed by atoms with E-state index in [2.05, 4.69) is 73.1 Å². The summed E-state index contributed by atoms with van der Waals surface area (Å²) in [7, 11) is 0. The SMILES string of the molecule is Cc1cc(C)c2cc(N3CCC4(C=C(c5c(-c6c(Cl)cncc6Cl)noc5C(C)C)C4)CC3)ccc2n1. The highest BCUT2D eigenvalue weighted by Crippen LogP contribution is 2.54. The predicted molar refractivity (Wildman–Crippen MR) is 152 cm³/mol. The topological polar surface area (TPSA) is 55.1 Å². The average Bonchev–Trinajstić information content (AvgIpc) is 3.27. The van der Waals surface area contributed by atoms with Crippen LogP contribution in [0.5, 0.6) is 0 Å². The Bertz CT molecular complexity index is 1530. The Morgan fingerprint density at radius 1 is 1.00 bits per heavy atom. The highest BCUT2D eigenvalue weighted by Gasteiger charge is 2.42. The number of piperidine rings is 1. The quantitative estimate of drug-likeness (QED) is 0.264. The van der Waals surface area contributed by atoms with Crippen LogP contribution in [0.25, 0.3) is 27.7 Å². The minimum absolute atomic E-state index is 0.199. The Kier molecular flexibility index (Phi) is 6.04. The Morgan fingerprint density at radius 2 is 1.70 bits per heavy atom. The van der Waals surface area contributed by atoms with Gasteiger partial charge in [0.15, 0.2) is 0 Å². The summed E-state index contributed by atoms with van der Waals surface area (Å²) in [5, 5.41) is 6.63. The summed E-state index contributed by atoms with van der Waals surface area (Å²) in [5.41, 5.74) is 8.65. The summed E-state index contributed by atoms with van der Waals surface area (Å²) in [6.07, 6.45) is 8.91. The number of allylic oxidation sites excluding steroid dienone is 2. The predicted octanol–water partition coefficient (Wildman–Crippen LogP) is 8.41. The molecule has 7 heteroatoms. The van der Waals surface area contributed by atoms with Crippen LogP contribution in [-0.2, 0) is 0 Å². The molecule has 2 aliphatic rings. The van der Waals surface area contributed by atoms with Crippen molar-refractivity contribution < 1.29 is 4.52 Å². The van der Waals surface area contributed by atoms with E-state index in [9.17, 15) is 0 Å². The van der Waals surface area contributed by atoms with Crippen molar-refractivity contribution in [1.82, 2.24) is 15.1 Å². The second kappa shape index (κ2) is 9.14. The fourth-order valence-corrected chi connectivity index (χ4v) is 6.52. The van der Waals surface area contributed by atoms with Gasteiger partial charge < -0.3 is 9.42 Å². The van der Waals surface area contributed by atoms with Crippen molar-refractivity contribution in [2.75, 3.05) is 18.0 Å². The van der Waals surface area contributed by atoms with Gasteiger partial charge in [0, 0.05) is 59.3 Å². The summed E-state index contributed by atoms with van der Waals surface area (Å²) < 4.78 is 5.84. The number of hydrogen-bond donors (Lipinski definition) is 0. The van der Waals surface area contributed by atoms with Gasteiger partial charge in [-0.15, -0.1) is 0 Å². The molecule has 4 aromatic rings. The van der Waals surface area contributed by atoms with Gasteiger partial charge >= 0.3 is 0 Å². The van der Waals surface area contributed by atoms with Crippen LogP contribution in [0.15, 0.2) is 47.3 Å². The van der Waals surface area contributed by atoms with Gasteiger partial charge in [0.1, 0.15) is 11.5 Å². The van der Waals surface area contributed by atoms with E-state index in [-0.39, 0.29) is 11.3 Å². The molecule has 0 saturated carbocycles. The molecule has 0 atom stereocenters. The molecule has 1 aliphatic heterocycles. The van der Waals surface area contributed by atoms with E-state index in [1.807, 2.05) is 0 Å². The zero-order valence-electron chi connectivity index (χ0n) is 21.6. The van der Waals surface area contributed by atoms with Gasteiger partial charge in [-0.2, -0.15) is 0 Å². The molecule has 0 bridgehead atoms. The molecule has 1 aliphatic carbocycles. The molecular formula is C30H30Cl2N4O. The second-order valence-corrected chi connectivity index (χ2v) is 11.7. The maximum Gasteiger partial charge on any atom is 0.147 e. The molecule has 0 N–H and O–H groups in total.